The smallest absolute Gasteiger partial charge is 0.253 e. The number of carbonyl (C=O) groups excluding carboxylic acids is 2. The molecule has 6 heteroatoms. The van der Waals surface area contributed by atoms with Gasteiger partial charge in [-0.1, -0.05) is 0 Å². The number of amides is 2. The van der Waals surface area contributed by atoms with Crippen LogP contribution in [0.5, 0.6) is 0 Å². The van der Waals surface area contributed by atoms with Crippen molar-refractivity contribution in [3.05, 3.63) is 23.8 Å². The van der Waals surface area contributed by atoms with E-state index in [0.29, 0.717) is 18.0 Å². The molecule has 23 heavy (non-hydrogen) atoms. The second-order valence-corrected chi connectivity index (χ2v) is 7.42. The molecule has 0 bridgehead atoms. The van der Waals surface area contributed by atoms with Crippen molar-refractivity contribution in [1.29, 1.82) is 0 Å². The van der Waals surface area contributed by atoms with Gasteiger partial charge in [-0.05, 0) is 38.5 Å². The minimum absolute atomic E-state index is 0.0115. The molecule has 0 aromatic heterocycles. The minimum atomic E-state index is -0.0986. The lowest BCUT2D eigenvalue weighted by molar-refractivity contribution is -0.115. The van der Waals surface area contributed by atoms with Crippen LogP contribution in [-0.2, 0) is 9.53 Å². The lowest BCUT2D eigenvalue weighted by Gasteiger charge is -2.25. The maximum Gasteiger partial charge on any atom is 0.253 e. The Morgan fingerprint density at radius 1 is 1.48 bits per heavy atom. The van der Waals surface area contributed by atoms with Crippen molar-refractivity contribution >= 4 is 29.3 Å². The molecule has 1 aromatic carbocycles. The van der Waals surface area contributed by atoms with Gasteiger partial charge in [0.25, 0.3) is 5.91 Å². The highest BCUT2D eigenvalue weighted by Crippen LogP contribution is 2.36. The molecule has 1 saturated heterocycles. The van der Waals surface area contributed by atoms with Crippen molar-refractivity contribution in [3.8, 4) is 0 Å². The van der Waals surface area contributed by atoms with Crippen LogP contribution in [0.15, 0.2) is 23.1 Å². The molecule has 1 fully saturated rings. The summed E-state index contributed by atoms with van der Waals surface area (Å²) in [5.74, 6) is 0.426. The molecule has 1 N–H and O–H groups in total. The minimum Gasteiger partial charge on any atom is -0.381 e. The van der Waals surface area contributed by atoms with E-state index >= 15 is 0 Å². The lowest BCUT2D eigenvalue weighted by Crippen LogP contribution is -2.35. The third-order valence-electron chi connectivity index (χ3n) is 4.33. The molecule has 3 rings (SSSR count). The van der Waals surface area contributed by atoms with E-state index in [-0.39, 0.29) is 17.1 Å². The van der Waals surface area contributed by atoms with Crippen LogP contribution in [0.4, 0.5) is 5.69 Å². The summed E-state index contributed by atoms with van der Waals surface area (Å²) in [7, 11) is 0. The van der Waals surface area contributed by atoms with E-state index in [1.54, 1.807) is 6.07 Å². The molecule has 1 aromatic rings. The fourth-order valence-electron chi connectivity index (χ4n) is 2.92. The second-order valence-electron chi connectivity index (χ2n) is 6.03. The van der Waals surface area contributed by atoms with Gasteiger partial charge < -0.3 is 15.0 Å². The van der Waals surface area contributed by atoms with Gasteiger partial charge in [0.15, 0.2) is 0 Å². The van der Waals surface area contributed by atoms with Crippen molar-refractivity contribution < 1.29 is 14.3 Å². The van der Waals surface area contributed by atoms with E-state index in [1.807, 2.05) is 30.9 Å². The van der Waals surface area contributed by atoms with Crippen LogP contribution in [0.25, 0.3) is 0 Å². The largest absolute Gasteiger partial charge is 0.381 e. The Morgan fingerprint density at radius 2 is 2.30 bits per heavy atom. The van der Waals surface area contributed by atoms with E-state index in [9.17, 15) is 9.59 Å². The first-order chi connectivity index (χ1) is 11.1. The Balaban J connectivity index is 1.76. The number of ether oxygens (including phenoxy) is 1. The van der Waals surface area contributed by atoms with Crippen LogP contribution in [-0.4, -0.2) is 48.3 Å². The first-order valence-electron chi connectivity index (χ1n) is 8.07. The van der Waals surface area contributed by atoms with Crippen molar-refractivity contribution in [2.75, 3.05) is 31.6 Å². The number of fused-ring (bicyclic) bond motifs is 1. The quantitative estimate of drug-likeness (QED) is 0.919. The van der Waals surface area contributed by atoms with Crippen LogP contribution < -0.4 is 5.32 Å². The van der Waals surface area contributed by atoms with Gasteiger partial charge in [-0.15, -0.1) is 11.8 Å². The van der Waals surface area contributed by atoms with Crippen LogP contribution in [0.2, 0.25) is 0 Å². The standard InChI is InChI=1S/C17H22N2O3S/c1-3-19(9-12-6-7-22-10-12)17(21)13-4-5-15-14(8-13)18-16(20)11(2)23-15/h4-5,8,11-12H,3,6-7,9-10H2,1-2H3,(H,18,20)/t11-,12+/m0/s1. The van der Waals surface area contributed by atoms with Crippen LogP contribution >= 0.6 is 11.8 Å². The highest BCUT2D eigenvalue weighted by atomic mass is 32.2. The summed E-state index contributed by atoms with van der Waals surface area (Å²) < 4.78 is 5.40. The number of anilines is 1. The molecule has 0 radical (unpaired) electrons. The highest BCUT2D eigenvalue weighted by Gasteiger charge is 2.26. The summed E-state index contributed by atoms with van der Waals surface area (Å²) in [6.07, 6.45) is 1.01. The summed E-state index contributed by atoms with van der Waals surface area (Å²) in [6.45, 7) is 6.79. The predicted molar refractivity (Wildman–Crippen MR) is 90.9 cm³/mol. The van der Waals surface area contributed by atoms with Gasteiger partial charge in [-0.2, -0.15) is 0 Å². The molecule has 0 aliphatic carbocycles. The monoisotopic (exact) mass is 334 g/mol. The average molecular weight is 334 g/mol. The first kappa shape index (κ1) is 16.3. The molecule has 0 spiro atoms. The van der Waals surface area contributed by atoms with E-state index in [1.165, 1.54) is 11.8 Å². The van der Waals surface area contributed by atoms with E-state index in [0.717, 1.165) is 36.8 Å². The molecule has 0 saturated carbocycles. The Labute approximate surface area is 140 Å². The van der Waals surface area contributed by atoms with Gasteiger partial charge in [0, 0.05) is 36.1 Å². The number of benzene rings is 1. The van der Waals surface area contributed by atoms with Gasteiger partial charge in [0.2, 0.25) is 5.91 Å². The third-order valence-corrected chi connectivity index (χ3v) is 5.51. The fourth-order valence-corrected chi connectivity index (χ4v) is 3.85. The summed E-state index contributed by atoms with van der Waals surface area (Å²) in [6, 6.07) is 5.57. The Bertz CT molecular complexity index is 614. The van der Waals surface area contributed by atoms with E-state index < -0.39 is 0 Å². The molecule has 5 nitrogen and oxygen atoms in total. The number of thioether (sulfide) groups is 1. The number of rotatable bonds is 4. The zero-order chi connectivity index (χ0) is 16.4. The maximum absolute atomic E-state index is 12.8. The van der Waals surface area contributed by atoms with Crippen molar-refractivity contribution in [2.45, 2.75) is 30.4 Å². The summed E-state index contributed by atoms with van der Waals surface area (Å²) >= 11 is 1.53. The number of nitrogens with zero attached hydrogens (tertiary/aromatic N) is 1. The zero-order valence-electron chi connectivity index (χ0n) is 13.5. The predicted octanol–water partition coefficient (Wildman–Crippen LogP) is 2.62. The SMILES string of the molecule is CCN(C[C@H]1CCOC1)C(=O)c1ccc2c(c1)NC(=O)[C@H](C)S2. The Kier molecular flexibility index (Phi) is 4.92. The molecular weight excluding hydrogens is 312 g/mol. The van der Waals surface area contributed by atoms with Gasteiger partial charge in [-0.3, -0.25) is 9.59 Å². The molecule has 2 aliphatic rings. The first-order valence-corrected chi connectivity index (χ1v) is 8.95. The molecule has 2 heterocycles. The molecular formula is C17H22N2O3S. The Hall–Kier alpha value is -1.53. The number of hydrogen-bond donors (Lipinski definition) is 1. The summed E-state index contributed by atoms with van der Waals surface area (Å²) in [5.41, 5.74) is 1.36. The third kappa shape index (κ3) is 3.53. The van der Waals surface area contributed by atoms with Crippen molar-refractivity contribution in [3.63, 3.8) is 0 Å². The van der Waals surface area contributed by atoms with Gasteiger partial charge in [0.05, 0.1) is 17.5 Å². The van der Waals surface area contributed by atoms with Crippen LogP contribution in [0.3, 0.4) is 0 Å². The zero-order valence-corrected chi connectivity index (χ0v) is 14.3. The van der Waals surface area contributed by atoms with Crippen molar-refractivity contribution in [2.24, 2.45) is 5.92 Å². The van der Waals surface area contributed by atoms with Crippen molar-refractivity contribution in [1.82, 2.24) is 4.90 Å². The number of hydrogen-bond acceptors (Lipinski definition) is 4. The average Bonchev–Trinajstić information content (AvgIpc) is 3.06. The maximum atomic E-state index is 12.8. The van der Waals surface area contributed by atoms with Gasteiger partial charge >= 0.3 is 0 Å². The normalized spacial score (nSPS) is 23.3. The van der Waals surface area contributed by atoms with E-state index in [4.69, 9.17) is 4.74 Å². The summed E-state index contributed by atoms with van der Waals surface area (Å²) in [4.78, 5) is 27.5. The molecule has 2 amide bonds. The van der Waals surface area contributed by atoms with Crippen LogP contribution in [0.1, 0.15) is 30.6 Å². The fraction of sp³-hybridized carbons (Fsp3) is 0.529. The van der Waals surface area contributed by atoms with Gasteiger partial charge in [0.1, 0.15) is 0 Å². The van der Waals surface area contributed by atoms with Gasteiger partial charge in [-0.25, -0.2) is 0 Å². The topological polar surface area (TPSA) is 58.6 Å². The molecule has 124 valence electrons. The molecule has 2 atom stereocenters. The highest BCUT2D eigenvalue weighted by molar-refractivity contribution is 8.00. The van der Waals surface area contributed by atoms with E-state index in [2.05, 4.69) is 5.32 Å². The lowest BCUT2D eigenvalue weighted by atomic mass is 10.1. The Morgan fingerprint density at radius 3 is 3.00 bits per heavy atom. The second kappa shape index (κ2) is 6.93. The molecule has 0 unspecified atom stereocenters. The number of nitrogens with one attached hydrogen (secondary N) is 1. The summed E-state index contributed by atoms with van der Waals surface area (Å²) in [5, 5.41) is 2.79. The van der Waals surface area contributed by atoms with Crippen LogP contribution in [0, 0.1) is 5.92 Å². The molecule has 2 aliphatic heterocycles. The number of carbonyl (C=O) groups is 2.